The number of nitrogens with one attached hydrogen (secondary N) is 1. The molecule has 0 spiro atoms. The van der Waals surface area contributed by atoms with E-state index in [1.165, 1.54) is 6.33 Å². The first-order chi connectivity index (χ1) is 13.9. The van der Waals surface area contributed by atoms with Crippen molar-refractivity contribution in [3.8, 4) is 5.69 Å². The Morgan fingerprint density at radius 1 is 1.24 bits per heavy atom. The zero-order valence-electron chi connectivity index (χ0n) is 17.5. The normalized spacial score (nSPS) is 12.3. The van der Waals surface area contributed by atoms with Crippen molar-refractivity contribution in [2.75, 3.05) is 20.1 Å². The van der Waals surface area contributed by atoms with Crippen LogP contribution in [0.25, 0.3) is 5.69 Å². The Bertz CT molecular complexity index is 915. The molecule has 1 N–H and O–H groups in total. The Morgan fingerprint density at radius 2 is 2.00 bits per heavy atom. The standard InChI is InChI=1S/C21H29N7O/c1-16-12-17(2)27(25-16)11-5-10-23-21(29)13-26(4)18(3)19-6-8-20(9-7-19)28-15-22-14-24-28/h6-9,12,14-15,18H,5,10-11,13H2,1-4H3,(H,23,29)/t18-/m0/s1. The topological polar surface area (TPSA) is 80.9 Å². The predicted octanol–water partition coefficient (Wildman–Crippen LogP) is 2.28. The molecular formula is C21H29N7O. The lowest BCUT2D eigenvalue weighted by Gasteiger charge is -2.24. The number of hydrogen-bond acceptors (Lipinski definition) is 5. The van der Waals surface area contributed by atoms with E-state index in [1.807, 2.05) is 42.6 Å². The number of likely N-dealkylation sites (N-methyl/N-ethyl adjacent to an activating group) is 1. The largest absolute Gasteiger partial charge is 0.355 e. The molecule has 8 nitrogen and oxygen atoms in total. The molecular weight excluding hydrogens is 366 g/mol. The summed E-state index contributed by atoms with van der Waals surface area (Å²) in [5, 5.41) is 11.6. The molecule has 29 heavy (non-hydrogen) atoms. The Hall–Kier alpha value is -3.00. The SMILES string of the molecule is Cc1cc(C)n(CCCNC(=O)CN(C)[C@@H](C)c2ccc(-n3cncn3)cc2)n1. The molecule has 2 heterocycles. The van der Waals surface area contributed by atoms with Gasteiger partial charge < -0.3 is 5.32 Å². The number of carbonyl (C=O) groups is 1. The van der Waals surface area contributed by atoms with Crippen LogP contribution < -0.4 is 5.32 Å². The predicted molar refractivity (Wildman–Crippen MR) is 112 cm³/mol. The van der Waals surface area contributed by atoms with E-state index in [9.17, 15) is 4.79 Å². The van der Waals surface area contributed by atoms with E-state index < -0.39 is 0 Å². The van der Waals surface area contributed by atoms with Gasteiger partial charge >= 0.3 is 0 Å². The van der Waals surface area contributed by atoms with E-state index in [-0.39, 0.29) is 11.9 Å². The molecule has 0 aliphatic heterocycles. The molecule has 1 atom stereocenters. The van der Waals surface area contributed by atoms with Crippen molar-refractivity contribution in [2.24, 2.45) is 0 Å². The molecule has 3 aromatic rings. The number of benzene rings is 1. The lowest BCUT2D eigenvalue weighted by atomic mass is 10.1. The van der Waals surface area contributed by atoms with Gasteiger partial charge in [-0.2, -0.15) is 10.2 Å². The third-order valence-electron chi connectivity index (χ3n) is 5.09. The summed E-state index contributed by atoms with van der Waals surface area (Å²) >= 11 is 0. The maximum atomic E-state index is 12.3. The van der Waals surface area contributed by atoms with Gasteiger partial charge in [0.05, 0.1) is 17.9 Å². The van der Waals surface area contributed by atoms with Gasteiger partial charge in [-0.05, 0) is 58.0 Å². The number of nitrogens with zero attached hydrogens (tertiary/aromatic N) is 6. The van der Waals surface area contributed by atoms with Crippen molar-refractivity contribution in [1.29, 1.82) is 0 Å². The molecule has 0 aliphatic carbocycles. The van der Waals surface area contributed by atoms with Gasteiger partial charge in [-0.1, -0.05) is 12.1 Å². The summed E-state index contributed by atoms with van der Waals surface area (Å²) in [5.41, 5.74) is 4.28. The van der Waals surface area contributed by atoms with Crippen LogP contribution in [0.3, 0.4) is 0 Å². The maximum absolute atomic E-state index is 12.3. The summed E-state index contributed by atoms with van der Waals surface area (Å²) in [4.78, 5) is 18.3. The van der Waals surface area contributed by atoms with Crippen molar-refractivity contribution in [3.63, 3.8) is 0 Å². The van der Waals surface area contributed by atoms with E-state index in [4.69, 9.17) is 0 Å². The highest BCUT2D eigenvalue weighted by Crippen LogP contribution is 2.19. The van der Waals surface area contributed by atoms with E-state index in [2.05, 4.69) is 45.6 Å². The first-order valence-electron chi connectivity index (χ1n) is 9.87. The van der Waals surface area contributed by atoms with Crippen LogP contribution in [0.5, 0.6) is 0 Å². The van der Waals surface area contributed by atoms with Crippen molar-refractivity contribution in [2.45, 2.75) is 39.8 Å². The number of aromatic nitrogens is 5. The zero-order chi connectivity index (χ0) is 20.8. The third kappa shape index (κ3) is 5.51. The first-order valence-corrected chi connectivity index (χ1v) is 9.87. The van der Waals surface area contributed by atoms with E-state index in [0.29, 0.717) is 13.1 Å². The highest BCUT2D eigenvalue weighted by Gasteiger charge is 2.15. The molecule has 0 saturated carbocycles. The smallest absolute Gasteiger partial charge is 0.234 e. The lowest BCUT2D eigenvalue weighted by molar-refractivity contribution is -0.122. The fourth-order valence-electron chi connectivity index (χ4n) is 3.28. The molecule has 154 valence electrons. The molecule has 0 aliphatic rings. The maximum Gasteiger partial charge on any atom is 0.234 e. The summed E-state index contributed by atoms with van der Waals surface area (Å²) in [5.74, 6) is 0.0342. The monoisotopic (exact) mass is 395 g/mol. The average Bonchev–Trinajstić information content (AvgIpc) is 3.34. The van der Waals surface area contributed by atoms with Crippen molar-refractivity contribution in [1.82, 2.24) is 34.8 Å². The van der Waals surface area contributed by atoms with Crippen molar-refractivity contribution < 1.29 is 4.79 Å². The van der Waals surface area contributed by atoms with Crippen LogP contribution in [0.2, 0.25) is 0 Å². The molecule has 1 aromatic carbocycles. The number of amides is 1. The Kier molecular flexibility index (Phi) is 6.77. The number of rotatable bonds is 9. The summed E-state index contributed by atoms with van der Waals surface area (Å²) in [6.07, 6.45) is 4.04. The highest BCUT2D eigenvalue weighted by molar-refractivity contribution is 5.78. The second-order valence-corrected chi connectivity index (χ2v) is 7.38. The van der Waals surface area contributed by atoms with E-state index >= 15 is 0 Å². The summed E-state index contributed by atoms with van der Waals surface area (Å²) in [6, 6.07) is 10.3. The summed E-state index contributed by atoms with van der Waals surface area (Å²) in [7, 11) is 1.96. The Morgan fingerprint density at radius 3 is 2.62 bits per heavy atom. The summed E-state index contributed by atoms with van der Waals surface area (Å²) in [6.45, 7) is 7.95. The molecule has 0 fully saturated rings. The minimum Gasteiger partial charge on any atom is -0.355 e. The fraction of sp³-hybridized carbons (Fsp3) is 0.429. The fourth-order valence-corrected chi connectivity index (χ4v) is 3.28. The van der Waals surface area contributed by atoms with Crippen LogP contribution in [0.1, 0.15) is 36.3 Å². The van der Waals surface area contributed by atoms with Crippen LogP contribution in [0, 0.1) is 13.8 Å². The van der Waals surface area contributed by atoms with Crippen LogP contribution in [0.4, 0.5) is 0 Å². The minimum absolute atomic E-state index is 0.0342. The van der Waals surface area contributed by atoms with Gasteiger partial charge in [-0.3, -0.25) is 14.4 Å². The molecule has 3 rings (SSSR count). The minimum atomic E-state index is 0.0342. The average molecular weight is 396 g/mol. The molecule has 0 bridgehead atoms. The Balaban J connectivity index is 1.43. The quantitative estimate of drug-likeness (QED) is 0.562. The van der Waals surface area contributed by atoms with Crippen molar-refractivity contribution in [3.05, 3.63) is 59.9 Å². The highest BCUT2D eigenvalue weighted by atomic mass is 16.2. The lowest BCUT2D eigenvalue weighted by Crippen LogP contribution is -2.37. The van der Waals surface area contributed by atoms with Crippen molar-refractivity contribution >= 4 is 5.91 Å². The van der Waals surface area contributed by atoms with Gasteiger partial charge in [0, 0.05) is 24.8 Å². The molecule has 2 aromatic heterocycles. The molecule has 0 radical (unpaired) electrons. The third-order valence-corrected chi connectivity index (χ3v) is 5.09. The zero-order valence-corrected chi connectivity index (χ0v) is 17.5. The Labute approximate surface area is 171 Å². The van der Waals surface area contributed by atoms with E-state index in [1.54, 1.807) is 11.0 Å². The van der Waals surface area contributed by atoms with Crippen LogP contribution >= 0.6 is 0 Å². The summed E-state index contributed by atoms with van der Waals surface area (Å²) < 4.78 is 3.70. The second kappa shape index (κ2) is 9.47. The number of hydrogen-bond donors (Lipinski definition) is 1. The molecule has 0 unspecified atom stereocenters. The van der Waals surface area contributed by atoms with Gasteiger partial charge in [0.15, 0.2) is 0 Å². The molecule has 1 amide bonds. The van der Waals surface area contributed by atoms with Gasteiger partial charge in [-0.15, -0.1) is 0 Å². The number of aryl methyl sites for hydroxylation is 3. The first kappa shape index (κ1) is 20.7. The van der Waals surface area contributed by atoms with Gasteiger partial charge in [-0.25, -0.2) is 9.67 Å². The van der Waals surface area contributed by atoms with Crippen LogP contribution in [0.15, 0.2) is 43.0 Å². The van der Waals surface area contributed by atoms with E-state index in [0.717, 1.165) is 35.6 Å². The van der Waals surface area contributed by atoms with Crippen LogP contribution in [-0.2, 0) is 11.3 Å². The van der Waals surface area contributed by atoms with Gasteiger partial charge in [0.2, 0.25) is 5.91 Å². The molecule has 0 saturated heterocycles. The van der Waals surface area contributed by atoms with Crippen LogP contribution in [-0.4, -0.2) is 55.5 Å². The molecule has 8 heteroatoms. The van der Waals surface area contributed by atoms with Gasteiger partial charge in [0.25, 0.3) is 0 Å². The second-order valence-electron chi connectivity index (χ2n) is 7.38. The van der Waals surface area contributed by atoms with Gasteiger partial charge in [0.1, 0.15) is 12.7 Å². The number of carbonyl (C=O) groups excluding carboxylic acids is 1.